The van der Waals surface area contributed by atoms with Gasteiger partial charge in [-0.25, -0.2) is 9.97 Å². The van der Waals surface area contributed by atoms with E-state index >= 15 is 0 Å². The molecule has 0 bridgehead atoms. The predicted molar refractivity (Wildman–Crippen MR) is 201 cm³/mol. The third-order valence-electron chi connectivity index (χ3n) is 9.40. The zero-order chi connectivity index (χ0) is 31.9. The maximum Gasteiger partial charge on any atom is 0.162 e. The van der Waals surface area contributed by atoms with E-state index in [9.17, 15) is 0 Å². The quantitative estimate of drug-likeness (QED) is 0.178. The van der Waals surface area contributed by atoms with Gasteiger partial charge in [0, 0.05) is 54.2 Å². The largest absolute Gasteiger partial charge is 0.309 e. The van der Waals surface area contributed by atoms with Crippen LogP contribution in [-0.2, 0) is 0 Å². The highest BCUT2D eigenvalue weighted by atomic mass is 35.5. The van der Waals surface area contributed by atoms with E-state index in [0.29, 0.717) is 15.9 Å². The molecule has 0 unspecified atom stereocenters. The first kappa shape index (κ1) is 27.4. The maximum absolute atomic E-state index is 6.46. The smallest absolute Gasteiger partial charge is 0.162 e. The van der Waals surface area contributed by atoms with Crippen molar-refractivity contribution in [3.63, 3.8) is 0 Å². The third kappa shape index (κ3) is 4.03. The third-order valence-corrected chi connectivity index (χ3v) is 9.87. The van der Waals surface area contributed by atoms with Crippen LogP contribution < -0.4 is 0 Å². The second-order valence-electron chi connectivity index (χ2n) is 12.1. The number of fused-ring (bicyclic) bond motifs is 12. The fourth-order valence-corrected chi connectivity index (χ4v) is 7.77. The van der Waals surface area contributed by atoms with Crippen molar-refractivity contribution in [1.82, 2.24) is 18.9 Å². The fourth-order valence-electron chi connectivity index (χ4n) is 7.39. The lowest BCUT2D eigenvalue weighted by molar-refractivity contribution is 1.05. The van der Waals surface area contributed by atoms with Gasteiger partial charge in [0.1, 0.15) is 5.82 Å². The molecular formula is C42H24Cl2N4. The highest BCUT2D eigenvalue weighted by molar-refractivity contribution is 6.31. The van der Waals surface area contributed by atoms with E-state index in [0.717, 1.165) is 39.1 Å². The van der Waals surface area contributed by atoms with E-state index in [1.165, 1.54) is 43.5 Å². The molecule has 10 aromatic rings. The van der Waals surface area contributed by atoms with Crippen molar-refractivity contribution in [3.05, 3.63) is 156 Å². The molecule has 4 aromatic heterocycles. The van der Waals surface area contributed by atoms with Crippen LogP contribution in [0.3, 0.4) is 0 Å². The Bertz CT molecular complexity index is 2870. The van der Waals surface area contributed by atoms with Gasteiger partial charge in [-0.15, -0.1) is 0 Å². The molecule has 0 aliphatic heterocycles. The van der Waals surface area contributed by atoms with Crippen LogP contribution in [0.1, 0.15) is 0 Å². The zero-order valence-corrected chi connectivity index (χ0v) is 26.9. The summed E-state index contributed by atoms with van der Waals surface area (Å²) in [6.07, 6.45) is 0. The van der Waals surface area contributed by atoms with Gasteiger partial charge in [0.15, 0.2) is 5.82 Å². The van der Waals surface area contributed by atoms with Gasteiger partial charge in [-0.3, -0.25) is 4.57 Å². The molecule has 0 N–H and O–H groups in total. The minimum absolute atomic E-state index is 0.588. The van der Waals surface area contributed by atoms with Crippen LogP contribution in [0.4, 0.5) is 0 Å². The number of aromatic nitrogens is 4. The summed E-state index contributed by atoms with van der Waals surface area (Å²) in [4.78, 5) is 10.2. The topological polar surface area (TPSA) is 35.1 Å². The number of benzene rings is 6. The standard InChI is InChI=1S/C42H24Cl2N4/c43-27-11-7-9-25(21-27)34-24-40(46-42(45-34)26-10-8-12-28(44)22-26)48-36-18-6-4-16-32(36)41-33-23-39-31-15-2-1-13-29(31)30-14-3-5-17-35(30)47(39)37(33)19-20-38(41)48/h1-24H. The van der Waals surface area contributed by atoms with Gasteiger partial charge in [-0.05, 0) is 60.0 Å². The molecule has 48 heavy (non-hydrogen) atoms. The molecule has 0 atom stereocenters. The van der Waals surface area contributed by atoms with Crippen molar-refractivity contribution in [1.29, 1.82) is 0 Å². The lowest BCUT2D eigenvalue weighted by atomic mass is 10.0. The molecule has 0 aliphatic carbocycles. The highest BCUT2D eigenvalue weighted by Crippen LogP contribution is 2.41. The van der Waals surface area contributed by atoms with Crippen LogP contribution in [0, 0.1) is 0 Å². The second kappa shape index (κ2) is 10.4. The van der Waals surface area contributed by atoms with Gasteiger partial charge in [0.05, 0.1) is 33.3 Å². The molecular weight excluding hydrogens is 631 g/mol. The molecule has 0 fully saturated rings. The Labute approximate surface area is 285 Å². The van der Waals surface area contributed by atoms with Crippen LogP contribution in [0.5, 0.6) is 0 Å². The molecule has 0 aliphatic rings. The van der Waals surface area contributed by atoms with Crippen molar-refractivity contribution in [2.45, 2.75) is 0 Å². The molecule has 6 heteroatoms. The van der Waals surface area contributed by atoms with Crippen LogP contribution in [0.25, 0.3) is 88.4 Å². The number of hydrogen-bond acceptors (Lipinski definition) is 2. The molecule has 0 amide bonds. The average Bonchev–Trinajstić information content (AvgIpc) is 3.68. The first-order valence-corrected chi connectivity index (χ1v) is 16.6. The number of halogens is 2. The summed E-state index contributed by atoms with van der Waals surface area (Å²) >= 11 is 12.9. The van der Waals surface area contributed by atoms with Crippen molar-refractivity contribution in [3.8, 4) is 28.5 Å². The van der Waals surface area contributed by atoms with Gasteiger partial charge >= 0.3 is 0 Å². The van der Waals surface area contributed by atoms with E-state index in [-0.39, 0.29) is 0 Å². The van der Waals surface area contributed by atoms with Crippen molar-refractivity contribution in [2.75, 3.05) is 0 Å². The van der Waals surface area contributed by atoms with Gasteiger partial charge in [-0.1, -0.05) is 108 Å². The van der Waals surface area contributed by atoms with Crippen molar-refractivity contribution >= 4 is 83.1 Å². The van der Waals surface area contributed by atoms with E-state index in [1.807, 2.05) is 54.6 Å². The summed E-state index contributed by atoms with van der Waals surface area (Å²) in [5.41, 5.74) is 8.22. The number of para-hydroxylation sites is 2. The van der Waals surface area contributed by atoms with Crippen LogP contribution in [0.15, 0.2) is 146 Å². The second-order valence-corrected chi connectivity index (χ2v) is 13.0. The molecule has 4 heterocycles. The zero-order valence-electron chi connectivity index (χ0n) is 25.4. The molecule has 0 spiro atoms. The first-order valence-electron chi connectivity index (χ1n) is 15.8. The minimum atomic E-state index is 0.588. The fraction of sp³-hybridized carbons (Fsp3) is 0. The molecule has 0 saturated carbocycles. The molecule has 0 saturated heterocycles. The summed E-state index contributed by atoms with van der Waals surface area (Å²) in [7, 11) is 0. The lowest BCUT2D eigenvalue weighted by Crippen LogP contribution is -2.02. The van der Waals surface area contributed by atoms with Gasteiger partial charge in [0.2, 0.25) is 0 Å². The van der Waals surface area contributed by atoms with Crippen LogP contribution >= 0.6 is 23.2 Å². The normalized spacial score (nSPS) is 12.0. The first-order chi connectivity index (χ1) is 23.6. The Kier molecular flexibility index (Phi) is 5.95. The molecule has 226 valence electrons. The Balaban J connectivity index is 1.33. The van der Waals surface area contributed by atoms with E-state index in [1.54, 1.807) is 0 Å². The predicted octanol–water partition coefficient (Wildman–Crippen LogP) is 11.9. The lowest BCUT2D eigenvalue weighted by Gasteiger charge is -2.12. The van der Waals surface area contributed by atoms with Gasteiger partial charge < -0.3 is 4.40 Å². The number of pyridine rings is 1. The monoisotopic (exact) mass is 654 g/mol. The van der Waals surface area contributed by atoms with Crippen molar-refractivity contribution < 1.29 is 0 Å². The molecule has 6 aromatic carbocycles. The van der Waals surface area contributed by atoms with E-state index < -0.39 is 0 Å². The summed E-state index contributed by atoms with van der Waals surface area (Å²) in [5, 5.41) is 8.55. The molecule has 0 radical (unpaired) electrons. The van der Waals surface area contributed by atoms with E-state index in [4.69, 9.17) is 33.2 Å². The molecule has 4 nitrogen and oxygen atoms in total. The Hall–Kier alpha value is -5.68. The summed E-state index contributed by atoms with van der Waals surface area (Å²) in [5.74, 6) is 1.35. The van der Waals surface area contributed by atoms with Crippen molar-refractivity contribution in [2.24, 2.45) is 0 Å². The summed E-state index contributed by atoms with van der Waals surface area (Å²) in [6, 6.07) is 50.3. The maximum atomic E-state index is 6.46. The van der Waals surface area contributed by atoms with Crippen LogP contribution in [-0.4, -0.2) is 18.9 Å². The highest BCUT2D eigenvalue weighted by Gasteiger charge is 2.21. The minimum Gasteiger partial charge on any atom is -0.309 e. The number of nitrogens with zero attached hydrogens (tertiary/aromatic N) is 4. The van der Waals surface area contributed by atoms with Gasteiger partial charge in [-0.2, -0.15) is 0 Å². The van der Waals surface area contributed by atoms with E-state index in [2.05, 4.69) is 100.0 Å². The molecule has 10 rings (SSSR count). The van der Waals surface area contributed by atoms with Gasteiger partial charge in [0.25, 0.3) is 0 Å². The van der Waals surface area contributed by atoms with Crippen LogP contribution in [0.2, 0.25) is 10.0 Å². The number of hydrogen-bond donors (Lipinski definition) is 0. The SMILES string of the molecule is Clc1cccc(-c2cc(-n3c4ccccc4c4c5cc6c7ccccc7c7ccccc7n6c5ccc43)nc(-c3cccc(Cl)c3)n2)c1. The average molecular weight is 656 g/mol. The Morgan fingerprint density at radius 3 is 1.79 bits per heavy atom. The summed E-state index contributed by atoms with van der Waals surface area (Å²) < 4.78 is 4.67. The Morgan fingerprint density at radius 2 is 1.02 bits per heavy atom. The number of rotatable bonds is 3. The summed E-state index contributed by atoms with van der Waals surface area (Å²) in [6.45, 7) is 0. The Morgan fingerprint density at radius 1 is 0.417 bits per heavy atom.